The van der Waals surface area contributed by atoms with Gasteiger partial charge in [0.15, 0.2) is 28.7 Å². The number of aromatic nitrogens is 4. The van der Waals surface area contributed by atoms with Gasteiger partial charge in [-0.05, 0) is 12.1 Å². The van der Waals surface area contributed by atoms with Crippen LogP contribution in [0.4, 0.5) is 5.82 Å². The lowest BCUT2D eigenvalue weighted by Gasteiger charge is -2.44. The minimum Gasteiger partial charge on any atom is -0.493 e. The highest BCUT2D eigenvalue weighted by Gasteiger charge is 2.45. The molecule has 0 unspecified atom stereocenters. The molecule has 0 saturated carbocycles. The Labute approximate surface area is 167 Å². The number of H-pyrrole nitrogens is 1. The van der Waals surface area contributed by atoms with Crippen LogP contribution in [0, 0.1) is 0 Å². The third kappa shape index (κ3) is 2.76. The molecule has 9 heteroatoms. The van der Waals surface area contributed by atoms with E-state index in [9.17, 15) is 4.79 Å². The molecule has 9 nitrogen and oxygen atoms in total. The summed E-state index contributed by atoms with van der Waals surface area (Å²) in [6, 6.07) is 3.49. The van der Waals surface area contributed by atoms with Crippen molar-refractivity contribution < 1.29 is 19.0 Å². The molecule has 2 aromatic heterocycles. The van der Waals surface area contributed by atoms with E-state index in [0.29, 0.717) is 60.8 Å². The Hall–Kier alpha value is -3.36. The second-order valence-electron chi connectivity index (χ2n) is 7.35. The van der Waals surface area contributed by atoms with Gasteiger partial charge in [0.1, 0.15) is 17.4 Å². The van der Waals surface area contributed by atoms with Crippen LogP contribution < -0.4 is 19.1 Å². The molecule has 0 atom stereocenters. The van der Waals surface area contributed by atoms with Crippen LogP contribution in [0.25, 0.3) is 11.2 Å². The van der Waals surface area contributed by atoms with Crippen LogP contribution in [-0.4, -0.2) is 58.6 Å². The molecule has 0 amide bonds. The summed E-state index contributed by atoms with van der Waals surface area (Å²) in [7, 11) is 3.13. The van der Waals surface area contributed by atoms with E-state index >= 15 is 0 Å². The van der Waals surface area contributed by atoms with Gasteiger partial charge in [-0.15, -0.1) is 0 Å². The van der Waals surface area contributed by atoms with Crippen LogP contribution in [-0.2, 0) is 0 Å². The summed E-state index contributed by atoms with van der Waals surface area (Å²) in [5.74, 6) is 2.39. The molecule has 0 radical (unpaired) electrons. The summed E-state index contributed by atoms with van der Waals surface area (Å²) in [6.45, 7) is 1.42. The summed E-state index contributed by atoms with van der Waals surface area (Å²) in [6.07, 6.45) is 4.88. The minimum atomic E-state index is -0.555. The molecule has 0 aliphatic carbocycles. The van der Waals surface area contributed by atoms with E-state index in [1.54, 1.807) is 32.7 Å². The maximum Gasteiger partial charge on any atom is 0.204 e. The van der Waals surface area contributed by atoms with E-state index in [1.807, 2.05) is 0 Å². The van der Waals surface area contributed by atoms with Gasteiger partial charge >= 0.3 is 0 Å². The molecular weight excluding hydrogens is 374 g/mol. The number of ketones is 1. The number of nitrogens with zero attached hydrogens (tertiary/aromatic N) is 4. The number of piperidine rings is 1. The fourth-order valence-electron chi connectivity index (χ4n) is 4.26. The molecule has 3 aromatic rings. The maximum atomic E-state index is 12.9. The third-order valence-corrected chi connectivity index (χ3v) is 5.78. The molecule has 2 aliphatic heterocycles. The van der Waals surface area contributed by atoms with Crippen molar-refractivity contribution in [3.8, 4) is 17.2 Å². The number of ether oxygens (including phenoxy) is 3. The Morgan fingerprint density at radius 1 is 1.14 bits per heavy atom. The molecular formula is C20H21N5O4. The van der Waals surface area contributed by atoms with E-state index in [2.05, 4.69) is 24.8 Å². The number of aromatic amines is 1. The normalized spacial score (nSPS) is 17.9. The summed E-state index contributed by atoms with van der Waals surface area (Å²) in [4.78, 5) is 31.0. The number of hydrogen-bond acceptors (Lipinski definition) is 8. The Morgan fingerprint density at radius 3 is 2.72 bits per heavy atom. The second kappa shape index (κ2) is 6.61. The van der Waals surface area contributed by atoms with Gasteiger partial charge in [0.05, 0.1) is 32.5 Å². The molecule has 1 spiro atoms. The predicted octanol–water partition coefficient (Wildman–Crippen LogP) is 2.37. The van der Waals surface area contributed by atoms with Crippen LogP contribution in [0.1, 0.15) is 29.6 Å². The van der Waals surface area contributed by atoms with Crippen molar-refractivity contribution in [1.29, 1.82) is 0 Å². The highest BCUT2D eigenvalue weighted by atomic mass is 16.5. The number of rotatable bonds is 3. The topological polar surface area (TPSA) is 102 Å². The molecule has 1 N–H and O–H groups in total. The Balaban J connectivity index is 1.43. The van der Waals surface area contributed by atoms with Gasteiger partial charge in [0.25, 0.3) is 0 Å². The van der Waals surface area contributed by atoms with Crippen LogP contribution in [0.3, 0.4) is 0 Å². The largest absolute Gasteiger partial charge is 0.493 e. The smallest absolute Gasteiger partial charge is 0.204 e. The average Bonchev–Trinajstić information content (AvgIpc) is 3.22. The van der Waals surface area contributed by atoms with Crippen molar-refractivity contribution >= 4 is 22.8 Å². The number of benzene rings is 1. The Morgan fingerprint density at radius 2 is 1.97 bits per heavy atom. The zero-order chi connectivity index (χ0) is 20.0. The van der Waals surface area contributed by atoms with E-state index in [1.165, 1.54) is 6.33 Å². The molecule has 1 fully saturated rings. The zero-order valence-electron chi connectivity index (χ0n) is 16.3. The third-order valence-electron chi connectivity index (χ3n) is 5.78. The highest BCUT2D eigenvalue weighted by Crippen LogP contribution is 2.48. The standard InChI is InChI=1S/C20H21N5O4/c1-27-14-4-3-12-13(26)9-20(29-16(12)17(14)28-2)5-7-25(8-6-20)19-15-18(22-10-21-15)23-11-24-19/h3-4,10-11H,5-9H2,1-2H3,(H,21,22,23,24). The van der Waals surface area contributed by atoms with E-state index in [-0.39, 0.29) is 5.78 Å². The number of carbonyl (C=O) groups excluding carboxylic acids is 1. The Bertz CT molecular complexity index is 1090. The van der Waals surface area contributed by atoms with Gasteiger partial charge in [0, 0.05) is 25.9 Å². The molecule has 0 bridgehead atoms. The lowest BCUT2D eigenvalue weighted by molar-refractivity contribution is 0.0207. The molecule has 1 saturated heterocycles. The van der Waals surface area contributed by atoms with Gasteiger partial charge in [-0.2, -0.15) is 0 Å². The average molecular weight is 395 g/mol. The second-order valence-corrected chi connectivity index (χ2v) is 7.35. The monoisotopic (exact) mass is 395 g/mol. The van der Waals surface area contributed by atoms with E-state index < -0.39 is 5.60 Å². The van der Waals surface area contributed by atoms with Gasteiger partial charge in [-0.3, -0.25) is 4.79 Å². The van der Waals surface area contributed by atoms with Crippen molar-refractivity contribution in [3.05, 3.63) is 30.4 Å². The lowest BCUT2D eigenvalue weighted by atomic mass is 9.82. The number of anilines is 1. The molecule has 2 aliphatic rings. The fraction of sp³-hybridized carbons (Fsp3) is 0.400. The van der Waals surface area contributed by atoms with Gasteiger partial charge in [0.2, 0.25) is 5.75 Å². The zero-order valence-corrected chi connectivity index (χ0v) is 16.3. The van der Waals surface area contributed by atoms with Gasteiger partial charge < -0.3 is 24.1 Å². The number of nitrogens with one attached hydrogen (secondary N) is 1. The lowest BCUT2D eigenvalue weighted by Crippen LogP contribution is -2.51. The van der Waals surface area contributed by atoms with Crippen LogP contribution in [0.2, 0.25) is 0 Å². The number of hydrogen-bond donors (Lipinski definition) is 1. The van der Waals surface area contributed by atoms with Crippen molar-refractivity contribution in [3.63, 3.8) is 0 Å². The summed E-state index contributed by atoms with van der Waals surface area (Å²) in [5, 5.41) is 0. The summed E-state index contributed by atoms with van der Waals surface area (Å²) in [5.41, 5.74) is 1.46. The molecule has 1 aromatic carbocycles. The van der Waals surface area contributed by atoms with Crippen LogP contribution in [0.5, 0.6) is 17.2 Å². The molecule has 29 heavy (non-hydrogen) atoms. The minimum absolute atomic E-state index is 0.0682. The fourth-order valence-corrected chi connectivity index (χ4v) is 4.26. The maximum absolute atomic E-state index is 12.9. The van der Waals surface area contributed by atoms with Crippen molar-refractivity contribution in [2.45, 2.75) is 24.9 Å². The molecule has 150 valence electrons. The first-order valence-corrected chi connectivity index (χ1v) is 9.50. The predicted molar refractivity (Wildman–Crippen MR) is 105 cm³/mol. The summed E-state index contributed by atoms with van der Waals surface area (Å²) < 4.78 is 17.3. The van der Waals surface area contributed by atoms with Crippen molar-refractivity contribution in [1.82, 2.24) is 19.9 Å². The van der Waals surface area contributed by atoms with Crippen LogP contribution in [0.15, 0.2) is 24.8 Å². The quantitative estimate of drug-likeness (QED) is 0.721. The number of fused-ring (bicyclic) bond motifs is 2. The number of carbonyl (C=O) groups is 1. The first-order valence-electron chi connectivity index (χ1n) is 9.50. The van der Waals surface area contributed by atoms with Crippen LogP contribution >= 0.6 is 0 Å². The first kappa shape index (κ1) is 17.7. The number of methoxy groups -OCH3 is 2. The summed E-state index contributed by atoms with van der Waals surface area (Å²) >= 11 is 0. The van der Waals surface area contributed by atoms with E-state index in [0.717, 1.165) is 11.3 Å². The van der Waals surface area contributed by atoms with Gasteiger partial charge in [-0.1, -0.05) is 0 Å². The molecule has 5 rings (SSSR count). The number of imidazole rings is 1. The SMILES string of the molecule is COc1ccc2c(c1OC)OC1(CCN(c3ncnc4nc[nH]c34)CC1)CC2=O. The van der Waals surface area contributed by atoms with Crippen molar-refractivity contribution in [2.75, 3.05) is 32.2 Å². The molecule has 4 heterocycles. The number of Topliss-reactive ketones (excluding diaryl/α,β-unsaturated/α-hetero) is 1. The van der Waals surface area contributed by atoms with Gasteiger partial charge in [-0.25, -0.2) is 15.0 Å². The highest BCUT2D eigenvalue weighted by molar-refractivity contribution is 6.01. The van der Waals surface area contributed by atoms with Crippen molar-refractivity contribution in [2.24, 2.45) is 0 Å². The van der Waals surface area contributed by atoms with E-state index in [4.69, 9.17) is 14.2 Å². The first-order chi connectivity index (χ1) is 14.1. The Kier molecular flexibility index (Phi) is 4.04.